The molecule has 1 N–H and O–H groups in total. The lowest BCUT2D eigenvalue weighted by atomic mass is 10.1. The van der Waals surface area contributed by atoms with E-state index >= 15 is 0 Å². The molecule has 0 aliphatic carbocycles. The van der Waals surface area contributed by atoms with Crippen LogP contribution < -0.4 is 5.32 Å². The molecule has 0 fully saturated rings. The van der Waals surface area contributed by atoms with Gasteiger partial charge in [-0.2, -0.15) is 0 Å². The van der Waals surface area contributed by atoms with Gasteiger partial charge in [0.05, 0.1) is 11.7 Å². The van der Waals surface area contributed by atoms with Crippen molar-refractivity contribution in [3.8, 4) is 0 Å². The highest BCUT2D eigenvalue weighted by Gasteiger charge is 2.13. The van der Waals surface area contributed by atoms with Crippen molar-refractivity contribution in [3.63, 3.8) is 0 Å². The first kappa shape index (κ1) is 12.7. The normalized spacial score (nSPS) is 13.4. The number of thiazole rings is 1. The Hall–Kier alpha value is -0.410. The van der Waals surface area contributed by atoms with Crippen molar-refractivity contribution < 1.29 is 0 Å². The maximum absolute atomic E-state index is 4.69. The summed E-state index contributed by atoms with van der Waals surface area (Å²) in [5, 5.41) is 6.79. The predicted molar refractivity (Wildman–Crippen MR) is 67.5 cm³/mol. The smallest absolute Gasteiger partial charge is 0.110 e. The van der Waals surface area contributed by atoms with Gasteiger partial charge in [-0.15, -0.1) is 11.3 Å². The maximum atomic E-state index is 4.69. The molecule has 0 amide bonds. The monoisotopic (exact) mass is 226 g/mol. The SMILES string of the molecule is CCCCC(NC)c1nc(C(C)C)cs1. The molecule has 1 unspecified atom stereocenters. The molecule has 2 nitrogen and oxygen atoms in total. The van der Waals surface area contributed by atoms with Crippen molar-refractivity contribution in [2.24, 2.45) is 0 Å². The molecule has 0 saturated carbocycles. The van der Waals surface area contributed by atoms with E-state index in [-0.39, 0.29) is 0 Å². The van der Waals surface area contributed by atoms with E-state index in [0.29, 0.717) is 12.0 Å². The summed E-state index contributed by atoms with van der Waals surface area (Å²) < 4.78 is 0. The first-order chi connectivity index (χ1) is 7.19. The molecule has 1 aromatic heterocycles. The minimum atomic E-state index is 0.447. The van der Waals surface area contributed by atoms with Gasteiger partial charge in [0, 0.05) is 5.38 Å². The Morgan fingerprint density at radius 2 is 2.20 bits per heavy atom. The zero-order chi connectivity index (χ0) is 11.3. The van der Waals surface area contributed by atoms with E-state index < -0.39 is 0 Å². The molecular weight excluding hydrogens is 204 g/mol. The highest BCUT2D eigenvalue weighted by Crippen LogP contribution is 2.25. The van der Waals surface area contributed by atoms with E-state index in [2.05, 4.69) is 36.5 Å². The van der Waals surface area contributed by atoms with Gasteiger partial charge >= 0.3 is 0 Å². The topological polar surface area (TPSA) is 24.9 Å². The first-order valence-electron chi connectivity index (χ1n) is 5.81. The Bertz CT molecular complexity index is 281. The molecule has 3 heteroatoms. The lowest BCUT2D eigenvalue weighted by molar-refractivity contribution is 0.519. The average molecular weight is 226 g/mol. The molecule has 0 bridgehead atoms. The third-order valence-corrected chi connectivity index (χ3v) is 3.60. The minimum absolute atomic E-state index is 0.447. The van der Waals surface area contributed by atoms with Crippen LogP contribution in [0.25, 0.3) is 0 Å². The number of rotatable bonds is 6. The molecule has 0 aromatic carbocycles. The van der Waals surface area contributed by atoms with Crippen LogP contribution in [0.1, 0.15) is 62.7 Å². The van der Waals surface area contributed by atoms with Crippen molar-refractivity contribution in [3.05, 3.63) is 16.1 Å². The third-order valence-electron chi connectivity index (χ3n) is 2.62. The fraction of sp³-hybridized carbons (Fsp3) is 0.750. The molecule has 0 aliphatic heterocycles. The summed E-state index contributed by atoms with van der Waals surface area (Å²) in [6, 6.07) is 0.447. The van der Waals surface area contributed by atoms with Crippen LogP contribution in [0.4, 0.5) is 0 Å². The quantitative estimate of drug-likeness (QED) is 0.799. The summed E-state index contributed by atoms with van der Waals surface area (Å²) in [5.74, 6) is 0.540. The predicted octanol–water partition coefficient (Wildman–Crippen LogP) is 3.72. The Morgan fingerprint density at radius 3 is 2.67 bits per heavy atom. The zero-order valence-corrected chi connectivity index (χ0v) is 11.0. The van der Waals surface area contributed by atoms with Crippen molar-refractivity contribution in [2.45, 2.75) is 52.0 Å². The van der Waals surface area contributed by atoms with Crippen LogP contribution >= 0.6 is 11.3 Å². The number of unbranched alkanes of at least 4 members (excludes halogenated alkanes) is 1. The number of nitrogens with zero attached hydrogens (tertiary/aromatic N) is 1. The zero-order valence-electron chi connectivity index (χ0n) is 10.2. The van der Waals surface area contributed by atoms with E-state index in [1.54, 1.807) is 11.3 Å². The van der Waals surface area contributed by atoms with Crippen LogP contribution in [0.5, 0.6) is 0 Å². The van der Waals surface area contributed by atoms with Gasteiger partial charge in [-0.1, -0.05) is 33.6 Å². The standard InChI is InChI=1S/C12H22N2S/c1-5-6-7-10(13-4)12-14-11(8-15-12)9(2)3/h8-10,13H,5-7H2,1-4H3. The van der Waals surface area contributed by atoms with E-state index in [0.717, 1.165) is 0 Å². The van der Waals surface area contributed by atoms with Gasteiger partial charge in [0.15, 0.2) is 0 Å². The molecule has 0 radical (unpaired) electrons. The Balaban J connectivity index is 2.65. The van der Waals surface area contributed by atoms with E-state index in [1.165, 1.54) is 30.0 Å². The van der Waals surface area contributed by atoms with Gasteiger partial charge < -0.3 is 5.32 Å². The summed E-state index contributed by atoms with van der Waals surface area (Å²) in [7, 11) is 2.02. The maximum Gasteiger partial charge on any atom is 0.110 e. The van der Waals surface area contributed by atoms with Crippen LogP contribution in [-0.2, 0) is 0 Å². The number of hydrogen-bond acceptors (Lipinski definition) is 3. The summed E-state index contributed by atoms with van der Waals surface area (Å²) in [4.78, 5) is 4.69. The van der Waals surface area contributed by atoms with Crippen molar-refractivity contribution in [2.75, 3.05) is 7.05 Å². The second-order valence-electron chi connectivity index (χ2n) is 4.25. The van der Waals surface area contributed by atoms with Crippen LogP contribution in [-0.4, -0.2) is 12.0 Å². The van der Waals surface area contributed by atoms with E-state index in [1.807, 2.05) is 7.05 Å². The summed E-state index contributed by atoms with van der Waals surface area (Å²) >= 11 is 1.79. The van der Waals surface area contributed by atoms with Gasteiger partial charge in [-0.25, -0.2) is 4.98 Å². The van der Waals surface area contributed by atoms with Crippen molar-refractivity contribution >= 4 is 11.3 Å². The number of hydrogen-bond donors (Lipinski definition) is 1. The minimum Gasteiger partial charge on any atom is -0.311 e. The highest BCUT2D eigenvalue weighted by molar-refractivity contribution is 7.09. The molecule has 1 rings (SSSR count). The van der Waals surface area contributed by atoms with Crippen LogP contribution in [0.15, 0.2) is 5.38 Å². The first-order valence-corrected chi connectivity index (χ1v) is 6.69. The molecule has 1 heterocycles. The Labute approximate surface area is 97.1 Å². The van der Waals surface area contributed by atoms with E-state index in [9.17, 15) is 0 Å². The average Bonchev–Trinajstić information content (AvgIpc) is 2.68. The molecule has 15 heavy (non-hydrogen) atoms. The van der Waals surface area contributed by atoms with Gasteiger partial charge in [0.25, 0.3) is 0 Å². The summed E-state index contributed by atoms with van der Waals surface area (Å²) in [6.07, 6.45) is 3.71. The summed E-state index contributed by atoms with van der Waals surface area (Å²) in [5.41, 5.74) is 1.23. The molecule has 0 spiro atoms. The Kier molecular flexibility index (Phi) is 5.26. The molecule has 86 valence electrons. The second kappa shape index (κ2) is 6.23. The van der Waals surface area contributed by atoms with Crippen LogP contribution in [0, 0.1) is 0 Å². The van der Waals surface area contributed by atoms with Gasteiger partial charge in [-0.3, -0.25) is 0 Å². The molecular formula is C12H22N2S. The van der Waals surface area contributed by atoms with E-state index in [4.69, 9.17) is 0 Å². The number of aromatic nitrogens is 1. The summed E-state index contributed by atoms with van der Waals surface area (Å²) in [6.45, 7) is 6.62. The van der Waals surface area contributed by atoms with Gasteiger partial charge in [0.1, 0.15) is 5.01 Å². The highest BCUT2D eigenvalue weighted by atomic mass is 32.1. The molecule has 1 aromatic rings. The molecule has 1 atom stereocenters. The van der Waals surface area contributed by atoms with Crippen molar-refractivity contribution in [1.82, 2.24) is 10.3 Å². The van der Waals surface area contributed by atoms with Crippen LogP contribution in [0.3, 0.4) is 0 Å². The molecule has 0 saturated heterocycles. The number of nitrogens with one attached hydrogen (secondary N) is 1. The van der Waals surface area contributed by atoms with Crippen LogP contribution in [0.2, 0.25) is 0 Å². The second-order valence-corrected chi connectivity index (χ2v) is 5.14. The third kappa shape index (κ3) is 3.58. The lowest BCUT2D eigenvalue weighted by Crippen LogP contribution is -2.16. The van der Waals surface area contributed by atoms with Crippen molar-refractivity contribution in [1.29, 1.82) is 0 Å². The fourth-order valence-corrected chi connectivity index (χ4v) is 2.65. The largest absolute Gasteiger partial charge is 0.311 e. The Morgan fingerprint density at radius 1 is 1.47 bits per heavy atom. The van der Waals surface area contributed by atoms with Gasteiger partial charge in [-0.05, 0) is 19.4 Å². The molecule has 0 aliphatic rings. The lowest BCUT2D eigenvalue weighted by Gasteiger charge is -2.12. The van der Waals surface area contributed by atoms with Gasteiger partial charge in [0.2, 0.25) is 0 Å². The fourth-order valence-electron chi connectivity index (χ4n) is 1.53.